The number of carbonyl (C=O) groups is 1. The number of rotatable bonds is 1. The largest absolute Gasteiger partial charge is 0.507 e. The fraction of sp³-hybridized carbons (Fsp3) is 0.462. The molecule has 1 N–H and O–H groups in total. The number of hydrogen-bond acceptors (Lipinski definition) is 3. The standard InChI is InChI=1S/C13H16FNO3/c1-8-6-15(7-9(2)18-8)13(17)11-4-3-10(14)5-12(11)16/h3-5,8-9,16H,6-7H2,1-2H3/t8-,9+. The van der Waals surface area contributed by atoms with Crippen LogP contribution in [0.3, 0.4) is 0 Å². The zero-order chi connectivity index (χ0) is 13.3. The number of hydrogen-bond donors (Lipinski definition) is 1. The summed E-state index contributed by atoms with van der Waals surface area (Å²) in [5, 5.41) is 9.61. The van der Waals surface area contributed by atoms with Crippen molar-refractivity contribution in [1.29, 1.82) is 0 Å². The second-order valence-electron chi connectivity index (χ2n) is 4.63. The Kier molecular flexibility index (Phi) is 3.52. The number of nitrogens with zero attached hydrogens (tertiary/aromatic N) is 1. The summed E-state index contributed by atoms with van der Waals surface area (Å²) in [5.74, 6) is -1.19. The maximum absolute atomic E-state index is 12.9. The molecule has 0 aromatic heterocycles. The first-order chi connectivity index (χ1) is 8.47. The third-order valence-corrected chi connectivity index (χ3v) is 2.90. The molecule has 0 saturated carbocycles. The van der Waals surface area contributed by atoms with Gasteiger partial charge in [0.25, 0.3) is 5.91 Å². The summed E-state index contributed by atoms with van der Waals surface area (Å²) in [5.41, 5.74) is 0.123. The van der Waals surface area contributed by atoms with Crippen molar-refractivity contribution in [2.45, 2.75) is 26.1 Å². The molecule has 0 unspecified atom stereocenters. The van der Waals surface area contributed by atoms with Crippen LogP contribution in [-0.2, 0) is 4.74 Å². The van der Waals surface area contributed by atoms with Crippen molar-refractivity contribution in [3.63, 3.8) is 0 Å². The minimum atomic E-state index is -0.562. The summed E-state index contributed by atoms with van der Waals surface area (Å²) in [6, 6.07) is 3.42. The molecule has 4 nitrogen and oxygen atoms in total. The molecule has 1 aliphatic heterocycles. The molecule has 2 atom stereocenters. The van der Waals surface area contributed by atoms with Crippen molar-refractivity contribution in [3.05, 3.63) is 29.6 Å². The molecule has 1 saturated heterocycles. The molecule has 5 heteroatoms. The van der Waals surface area contributed by atoms with Crippen LogP contribution in [0.4, 0.5) is 4.39 Å². The molecule has 0 radical (unpaired) electrons. The summed E-state index contributed by atoms with van der Waals surface area (Å²) in [6.45, 7) is 4.72. The van der Waals surface area contributed by atoms with Gasteiger partial charge >= 0.3 is 0 Å². The lowest BCUT2D eigenvalue weighted by molar-refractivity contribution is -0.0586. The van der Waals surface area contributed by atoms with Gasteiger partial charge in [-0.15, -0.1) is 0 Å². The number of halogens is 1. The highest BCUT2D eigenvalue weighted by Crippen LogP contribution is 2.22. The van der Waals surface area contributed by atoms with Crippen molar-refractivity contribution in [2.75, 3.05) is 13.1 Å². The van der Waals surface area contributed by atoms with Crippen LogP contribution in [0.1, 0.15) is 24.2 Å². The number of ether oxygens (including phenoxy) is 1. The third-order valence-electron chi connectivity index (χ3n) is 2.90. The van der Waals surface area contributed by atoms with Crippen LogP contribution in [0.15, 0.2) is 18.2 Å². The van der Waals surface area contributed by atoms with Gasteiger partial charge in [-0.25, -0.2) is 4.39 Å². The molecule has 0 spiro atoms. The molecule has 1 heterocycles. The summed E-state index contributed by atoms with van der Waals surface area (Å²) in [6.07, 6.45) is -0.0828. The number of carbonyl (C=O) groups excluding carboxylic acids is 1. The predicted octanol–water partition coefficient (Wildman–Crippen LogP) is 1.78. The molecule has 98 valence electrons. The quantitative estimate of drug-likeness (QED) is 0.830. The number of phenols is 1. The van der Waals surface area contributed by atoms with Crippen LogP contribution in [0.2, 0.25) is 0 Å². The van der Waals surface area contributed by atoms with Crippen LogP contribution >= 0.6 is 0 Å². The highest BCUT2D eigenvalue weighted by Gasteiger charge is 2.27. The summed E-state index contributed by atoms with van der Waals surface area (Å²) < 4.78 is 18.4. The SMILES string of the molecule is C[C@@H]1CN(C(=O)c2ccc(F)cc2O)C[C@H](C)O1. The topological polar surface area (TPSA) is 49.8 Å². The Morgan fingerprint density at radius 2 is 2.00 bits per heavy atom. The van der Waals surface area contributed by atoms with E-state index in [-0.39, 0.29) is 29.4 Å². The van der Waals surface area contributed by atoms with E-state index in [0.717, 1.165) is 6.07 Å². The van der Waals surface area contributed by atoms with Gasteiger partial charge in [0, 0.05) is 19.2 Å². The fourth-order valence-corrected chi connectivity index (χ4v) is 2.20. The van der Waals surface area contributed by atoms with Gasteiger partial charge in [-0.2, -0.15) is 0 Å². The number of aromatic hydroxyl groups is 1. The lowest BCUT2D eigenvalue weighted by Gasteiger charge is -2.35. The van der Waals surface area contributed by atoms with E-state index < -0.39 is 5.82 Å². The Labute approximate surface area is 105 Å². The van der Waals surface area contributed by atoms with Gasteiger partial charge in [0.2, 0.25) is 0 Å². The molecule has 1 fully saturated rings. The van der Waals surface area contributed by atoms with E-state index in [1.165, 1.54) is 12.1 Å². The second kappa shape index (κ2) is 4.94. The minimum absolute atomic E-state index is 0.0414. The van der Waals surface area contributed by atoms with Gasteiger partial charge in [-0.3, -0.25) is 4.79 Å². The van der Waals surface area contributed by atoms with E-state index in [2.05, 4.69) is 0 Å². The summed E-state index contributed by atoms with van der Waals surface area (Å²) >= 11 is 0. The number of morpholine rings is 1. The minimum Gasteiger partial charge on any atom is -0.507 e. The lowest BCUT2D eigenvalue weighted by atomic mass is 10.1. The first-order valence-corrected chi connectivity index (χ1v) is 5.90. The summed E-state index contributed by atoms with van der Waals surface area (Å²) in [7, 11) is 0. The van der Waals surface area contributed by atoms with Crippen LogP contribution in [0.5, 0.6) is 5.75 Å². The molecular weight excluding hydrogens is 237 g/mol. The van der Waals surface area contributed by atoms with Gasteiger partial charge in [0.05, 0.1) is 17.8 Å². The van der Waals surface area contributed by atoms with E-state index in [0.29, 0.717) is 13.1 Å². The Morgan fingerprint density at radius 1 is 1.39 bits per heavy atom. The highest BCUT2D eigenvalue weighted by atomic mass is 19.1. The van der Waals surface area contributed by atoms with Crippen molar-refractivity contribution < 1.29 is 19.0 Å². The van der Waals surface area contributed by atoms with Gasteiger partial charge in [0.1, 0.15) is 11.6 Å². The Bertz CT molecular complexity index is 454. The maximum Gasteiger partial charge on any atom is 0.257 e. The molecule has 0 bridgehead atoms. The predicted molar refractivity (Wildman–Crippen MR) is 64.0 cm³/mol. The summed E-state index contributed by atoms with van der Waals surface area (Å²) in [4.78, 5) is 13.8. The molecule has 0 aliphatic carbocycles. The van der Waals surface area contributed by atoms with E-state index in [9.17, 15) is 14.3 Å². The first-order valence-electron chi connectivity index (χ1n) is 5.90. The third kappa shape index (κ3) is 2.61. The molecule has 1 amide bonds. The van der Waals surface area contributed by atoms with Gasteiger partial charge < -0.3 is 14.7 Å². The van der Waals surface area contributed by atoms with Crippen molar-refractivity contribution >= 4 is 5.91 Å². The fourth-order valence-electron chi connectivity index (χ4n) is 2.20. The van der Waals surface area contributed by atoms with Crippen molar-refractivity contribution in [1.82, 2.24) is 4.90 Å². The molecule has 18 heavy (non-hydrogen) atoms. The normalized spacial score (nSPS) is 24.1. The maximum atomic E-state index is 12.9. The Balaban J connectivity index is 2.20. The van der Waals surface area contributed by atoms with Crippen LogP contribution in [0, 0.1) is 5.82 Å². The van der Waals surface area contributed by atoms with E-state index in [1.807, 2.05) is 13.8 Å². The van der Waals surface area contributed by atoms with Gasteiger partial charge in [-0.05, 0) is 26.0 Å². The molecular formula is C13H16FNO3. The number of amides is 1. The molecule has 1 aliphatic rings. The zero-order valence-electron chi connectivity index (χ0n) is 10.4. The molecule has 2 rings (SSSR count). The Morgan fingerprint density at radius 3 is 2.56 bits per heavy atom. The average molecular weight is 253 g/mol. The monoisotopic (exact) mass is 253 g/mol. The number of benzene rings is 1. The molecule has 1 aromatic rings. The van der Waals surface area contributed by atoms with Crippen LogP contribution in [-0.4, -0.2) is 41.2 Å². The Hall–Kier alpha value is -1.62. The highest BCUT2D eigenvalue weighted by molar-refractivity contribution is 5.96. The number of phenolic OH excluding ortho intramolecular Hbond substituents is 1. The van der Waals surface area contributed by atoms with Crippen molar-refractivity contribution in [3.8, 4) is 5.75 Å². The van der Waals surface area contributed by atoms with Gasteiger partial charge in [0.15, 0.2) is 0 Å². The average Bonchev–Trinajstić information content (AvgIpc) is 2.26. The van der Waals surface area contributed by atoms with Crippen LogP contribution in [0.25, 0.3) is 0 Å². The van der Waals surface area contributed by atoms with Crippen LogP contribution < -0.4 is 0 Å². The second-order valence-corrected chi connectivity index (χ2v) is 4.63. The van der Waals surface area contributed by atoms with E-state index in [4.69, 9.17) is 4.74 Å². The van der Waals surface area contributed by atoms with Gasteiger partial charge in [-0.1, -0.05) is 0 Å². The first kappa shape index (κ1) is 12.8. The zero-order valence-corrected chi connectivity index (χ0v) is 10.4. The lowest BCUT2D eigenvalue weighted by Crippen LogP contribution is -2.48. The van der Waals surface area contributed by atoms with Crippen molar-refractivity contribution in [2.24, 2.45) is 0 Å². The van der Waals surface area contributed by atoms with E-state index >= 15 is 0 Å². The van der Waals surface area contributed by atoms with E-state index in [1.54, 1.807) is 4.90 Å². The smallest absolute Gasteiger partial charge is 0.257 e. The molecule has 1 aromatic carbocycles.